The monoisotopic (exact) mass is 202 g/mol. The Morgan fingerprint density at radius 1 is 1.13 bits per heavy atom. The zero-order chi connectivity index (χ0) is 11.3. The number of phenols is 1. The summed E-state index contributed by atoms with van der Waals surface area (Å²) in [5.41, 5.74) is 9.94. The maximum Gasteiger partial charge on any atom is 0.122 e. The van der Waals surface area contributed by atoms with Gasteiger partial charge in [-0.05, 0) is 29.5 Å². The Morgan fingerprint density at radius 3 is 1.93 bits per heavy atom. The van der Waals surface area contributed by atoms with Crippen LogP contribution in [-0.2, 0) is 19.4 Å². The molecule has 2 nitrogen and oxygen atoms in total. The van der Waals surface area contributed by atoms with Gasteiger partial charge in [0.2, 0.25) is 0 Å². The van der Waals surface area contributed by atoms with Crippen molar-refractivity contribution in [2.45, 2.75) is 19.4 Å². The second-order valence-corrected chi connectivity index (χ2v) is 3.43. The Kier molecular flexibility index (Phi) is 4.13. The third-order valence-electron chi connectivity index (χ3n) is 2.26. The first-order chi connectivity index (χ1) is 7.22. The molecule has 79 valence electrons. The largest absolute Gasteiger partial charge is 0.507 e. The van der Waals surface area contributed by atoms with Gasteiger partial charge in [0.25, 0.3) is 0 Å². The highest BCUT2D eigenvalue weighted by Crippen LogP contribution is 2.26. The summed E-state index contributed by atoms with van der Waals surface area (Å²) in [6.07, 6.45) is 4.76. The Bertz CT molecular complexity index is 338. The number of hydrogen-bond donors (Lipinski definition) is 1. The molecule has 0 saturated carbocycles. The van der Waals surface area contributed by atoms with Crippen molar-refractivity contribution in [1.29, 1.82) is 0 Å². The molecular weight excluding hydrogens is 186 g/mol. The van der Waals surface area contributed by atoms with E-state index in [0.717, 1.165) is 16.7 Å². The molecule has 1 radical (unpaired) electrons. The van der Waals surface area contributed by atoms with Crippen LogP contribution in [0, 0.1) is 0 Å². The van der Waals surface area contributed by atoms with Crippen molar-refractivity contribution in [3.05, 3.63) is 54.1 Å². The van der Waals surface area contributed by atoms with Crippen LogP contribution in [0.5, 0.6) is 5.75 Å². The maximum absolute atomic E-state index is 9.91. The van der Waals surface area contributed by atoms with E-state index in [1.807, 2.05) is 12.1 Å². The highest BCUT2D eigenvalue weighted by molar-refractivity contribution is 5.45. The lowest BCUT2D eigenvalue weighted by Gasteiger charge is -2.09. The molecule has 0 fully saturated rings. The quantitative estimate of drug-likeness (QED) is 0.733. The van der Waals surface area contributed by atoms with E-state index in [1.54, 1.807) is 12.2 Å². The zero-order valence-electron chi connectivity index (χ0n) is 8.79. The molecule has 1 rings (SSSR count). The van der Waals surface area contributed by atoms with Gasteiger partial charge in [-0.2, -0.15) is 0 Å². The van der Waals surface area contributed by atoms with Gasteiger partial charge in [0.15, 0.2) is 0 Å². The molecule has 1 aromatic rings. The van der Waals surface area contributed by atoms with E-state index in [-0.39, 0.29) is 6.54 Å². The summed E-state index contributed by atoms with van der Waals surface area (Å²) in [5, 5.41) is 9.91. The predicted octanol–water partition coefficient (Wildman–Crippen LogP) is 2.63. The minimum Gasteiger partial charge on any atom is -0.507 e. The van der Waals surface area contributed by atoms with Crippen LogP contribution in [0.3, 0.4) is 0 Å². The van der Waals surface area contributed by atoms with E-state index in [9.17, 15) is 5.11 Å². The molecule has 0 atom stereocenters. The van der Waals surface area contributed by atoms with Gasteiger partial charge < -0.3 is 5.11 Å². The molecule has 0 aliphatic carbocycles. The Hall–Kier alpha value is -1.54. The zero-order valence-corrected chi connectivity index (χ0v) is 8.79. The van der Waals surface area contributed by atoms with Gasteiger partial charge in [-0.3, -0.25) is 5.73 Å². The van der Waals surface area contributed by atoms with Gasteiger partial charge in [0.1, 0.15) is 5.75 Å². The number of allylic oxidation sites excluding steroid dienone is 2. The molecule has 0 spiro atoms. The average Bonchev–Trinajstić information content (AvgIpc) is 2.24. The molecule has 0 bridgehead atoms. The number of nitrogens with one attached hydrogen (secondary N) is 1. The van der Waals surface area contributed by atoms with Crippen LogP contribution < -0.4 is 5.73 Å². The maximum atomic E-state index is 9.91. The number of rotatable bonds is 5. The first-order valence-corrected chi connectivity index (χ1v) is 4.93. The van der Waals surface area contributed by atoms with Crippen LogP contribution in [0.4, 0.5) is 0 Å². The lowest BCUT2D eigenvalue weighted by molar-refractivity contribution is 0.463. The van der Waals surface area contributed by atoms with Gasteiger partial charge in [-0.15, -0.1) is 13.2 Å². The third kappa shape index (κ3) is 2.70. The smallest absolute Gasteiger partial charge is 0.122 e. The normalized spacial score (nSPS) is 9.93. The summed E-state index contributed by atoms with van der Waals surface area (Å²) < 4.78 is 0. The molecule has 0 saturated heterocycles. The van der Waals surface area contributed by atoms with E-state index in [2.05, 4.69) is 13.2 Å². The number of hydrogen-bond acceptors (Lipinski definition) is 1. The lowest BCUT2D eigenvalue weighted by atomic mass is 10.00. The number of phenolic OH excluding ortho intramolecular Hbond substituents is 1. The average molecular weight is 202 g/mol. The van der Waals surface area contributed by atoms with Crippen LogP contribution in [-0.4, -0.2) is 5.11 Å². The van der Waals surface area contributed by atoms with Gasteiger partial charge in [-0.1, -0.05) is 24.3 Å². The highest BCUT2D eigenvalue weighted by Gasteiger charge is 2.07. The van der Waals surface area contributed by atoms with E-state index in [4.69, 9.17) is 5.73 Å². The van der Waals surface area contributed by atoms with Crippen molar-refractivity contribution >= 4 is 0 Å². The lowest BCUT2D eigenvalue weighted by Crippen LogP contribution is -1.94. The van der Waals surface area contributed by atoms with Gasteiger partial charge in [0.05, 0.1) is 0 Å². The standard InChI is InChI=1S/C13H16NO/c1-3-5-11-7-10(9-14)8-12(6-4-2)13(11)15/h3-4,7-8,14-15H,1-2,5-6,9H2. The summed E-state index contributed by atoms with van der Waals surface area (Å²) in [6.45, 7) is 7.53. The van der Waals surface area contributed by atoms with Crippen molar-refractivity contribution in [3.63, 3.8) is 0 Å². The molecule has 15 heavy (non-hydrogen) atoms. The highest BCUT2D eigenvalue weighted by atomic mass is 16.3. The van der Waals surface area contributed by atoms with Gasteiger partial charge in [0, 0.05) is 6.54 Å². The van der Waals surface area contributed by atoms with E-state index >= 15 is 0 Å². The fraction of sp³-hybridized carbons (Fsp3) is 0.231. The van der Waals surface area contributed by atoms with Crippen molar-refractivity contribution in [2.75, 3.05) is 0 Å². The summed E-state index contributed by atoms with van der Waals surface area (Å²) in [7, 11) is 0. The molecule has 2 N–H and O–H groups in total. The Morgan fingerprint density at radius 2 is 1.60 bits per heavy atom. The first-order valence-electron chi connectivity index (χ1n) is 4.93. The molecule has 0 amide bonds. The molecule has 0 heterocycles. The fourth-order valence-corrected chi connectivity index (χ4v) is 1.56. The van der Waals surface area contributed by atoms with Gasteiger partial charge in [-0.25, -0.2) is 0 Å². The van der Waals surface area contributed by atoms with Crippen LogP contribution in [0.1, 0.15) is 16.7 Å². The van der Waals surface area contributed by atoms with Crippen LogP contribution in [0.15, 0.2) is 37.4 Å². The topological polar surface area (TPSA) is 44.0 Å². The fourth-order valence-electron chi connectivity index (χ4n) is 1.56. The summed E-state index contributed by atoms with van der Waals surface area (Å²) >= 11 is 0. The Labute approximate surface area is 90.7 Å². The minimum atomic E-state index is 0.231. The van der Waals surface area contributed by atoms with Crippen LogP contribution in [0.2, 0.25) is 0 Å². The van der Waals surface area contributed by atoms with Gasteiger partial charge >= 0.3 is 0 Å². The number of benzene rings is 1. The molecule has 0 unspecified atom stereocenters. The van der Waals surface area contributed by atoms with Crippen LogP contribution in [0.25, 0.3) is 0 Å². The first kappa shape index (κ1) is 11.5. The van der Waals surface area contributed by atoms with Crippen molar-refractivity contribution < 1.29 is 5.11 Å². The molecule has 0 aromatic heterocycles. The molecule has 0 aliphatic rings. The summed E-state index contributed by atoms with van der Waals surface area (Å²) in [4.78, 5) is 0. The second-order valence-electron chi connectivity index (χ2n) is 3.43. The SMILES string of the molecule is C=CCc1cc(C[NH])cc(CC=C)c1O. The second kappa shape index (κ2) is 5.37. The summed E-state index contributed by atoms with van der Waals surface area (Å²) in [5.74, 6) is 0.312. The summed E-state index contributed by atoms with van der Waals surface area (Å²) in [6, 6.07) is 3.72. The van der Waals surface area contributed by atoms with Crippen molar-refractivity contribution in [2.24, 2.45) is 0 Å². The predicted molar refractivity (Wildman–Crippen MR) is 62.7 cm³/mol. The van der Waals surface area contributed by atoms with E-state index in [1.165, 1.54) is 0 Å². The minimum absolute atomic E-state index is 0.231. The molecule has 1 aromatic carbocycles. The molecule has 2 heteroatoms. The van der Waals surface area contributed by atoms with Crippen LogP contribution >= 0.6 is 0 Å². The molecule has 0 aliphatic heterocycles. The van der Waals surface area contributed by atoms with E-state index in [0.29, 0.717) is 18.6 Å². The third-order valence-corrected chi connectivity index (χ3v) is 2.26. The van der Waals surface area contributed by atoms with Crippen molar-refractivity contribution in [1.82, 2.24) is 5.73 Å². The van der Waals surface area contributed by atoms with E-state index < -0.39 is 0 Å². The van der Waals surface area contributed by atoms with Crippen molar-refractivity contribution in [3.8, 4) is 5.75 Å². The molecular formula is C13H16NO. The Balaban J connectivity index is 3.19. The number of aromatic hydroxyl groups is 1.